The van der Waals surface area contributed by atoms with Crippen LogP contribution in [0.1, 0.15) is 40.2 Å². The maximum Gasteiger partial charge on any atom is 0.0779 e. The number of likely N-dealkylation sites (N-methyl/N-ethyl adjacent to an activating group) is 1. The Hall–Kier alpha value is -1.13. The van der Waals surface area contributed by atoms with Crippen LogP contribution in [0.3, 0.4) is 0 Å². The molecule has 0 aliphatic rings. The van der Waals surface area contributed by atoms with Crippen molar-refractivity contribution in [2.75, 3.05) is 18.9 Å². The molecule has 4 heteroatoms. The molecule has 1 aromatic heterocycles. The molecular weight excluding hydrogens is 250 g/mol. The second-order valence-corrected chi connectivity index (χ2v) is 6.18. The summed E-state index contributed by atoms with van der Waals surface area (Å²) >= 11 is 0. The highest BCUT2D eigenvalue weighted by Gasteiger charge is 2.32. The van der Waals surface area contributed by atoms with Crippen LogP contribution in [0.5, 0.6) is 0 Å². The largest absolute Gasteiger partial charge is 0.398 e. The van der Waals surface area contributed by atoms with Crippen LogP contribution in [0.4, 0.5) is 5.69 Å². The van der Waals surface area contributed by atoms with Crippen LogP contribution in [0.15, 0.2) is 18.5 Å². The van der Waals surface area contributed by atoms with Crippen molar-refractivity contribution in [2.45, 2.75) is 53.2 Å². The molecule has 0 aromatic carbocycles. The molecule has 0 bridgehead atoms. The molecule has 0 radical (unpaired) electrons. The molecule has 0 spiro atoms. The van der Waals surface area contributed by atoms with Crippen molar-refractivity contribution in [1.82, 2.24) is 10.3 Å². The minimum absolute atomic E-state index is 0.0693. The van der Waals surface area contributed by atoms with Gasteiger partial charge in [0.05, 0.1) is 6.10 Å². The van der Waals surface area contributed by atoms with E-state index in [9.17, 15) is 0 Å². The Bertz CT molecular complexity index is 401. The van der Waals surface area contributed by atoms with Crippen molar-refractivity contribution in [3.05, 3.63) is 24.0 Å². The van der Waals surface area contributed by atoms with Crippen molar-refractivity contribution < 1.29 is 4.74 Å². The average Bonchev–Trinajstić information content (AvgIpc) is 2.37. The molecule has 0 saturated heterocycles. The molecule has 0 amide bonds. The third-order valence-electron chi connectivity index (χ3n) is 3.41. The Morgan fingerprint density at radius 2 is 2.05 bits per heavy atom. The van der Waals surface area contributed by atoms with Gasteiger partial charge in [0.25, 0.3) is 0 Å². The quantitative estimate of drug-likeness (QED) is 0.805. The number of nitrogens with two attached hydrogens (primary N) is 1. The Labute approximate surface area is 123 Å². The number of aromatic nitrogens is 1. The van der Waals surface area contributed by atoms with Crippen molar-refractivity contribution >= 4 is 5.69 Å². The first-order valence-electron chi connectivity index (χ1n) is 7.43. The van der Waals surface area contributed by atoms with Crippen molar-refractivity contribution in [1.29, 1.82) is 0 Å². The van der Waals surface area contributed by atoms with Crippen LogP contribution in [0, 0.1) is 5.41 Å². The van der Waals surface area contributed by atoms with Gasteiger partial charge in [-0.3, -0.25) is 4.98 Å². The van der Waals surface area contributed by atoms with Gasteiger partial charge in [-0.1, -0.05) is 27.7 Å². The predicted octanol–water partition coefficient (Wildman–Crippen LogP) is 2.64. The SMILES string of the molecule is CCNC(Cc1cnccc1N)C(OCC)C(C)(C)C. The van der Waals surface area contributed by atoms with Gasteiger partial charge in [0.1, 0.15) is 0 Å². The molecule has 0 saturated carbocycles. The molecule has 4 nitrogen and oxygen atoms in total. The average molecular weight is 279 g/mol. The topological polar surface area (TPSA) is 60.2 Å². The van der Waals surface area contributed by atoms with Crippen LogP contribution < -0.4 is 11.1 Å². The lowest BCUT2D eigenvalue weighted by atomic mass is 9.82. The Balaban J connectivity index is 2.94. The van der Waals surface area contributed by atoms with E-state index in [2.05, 4.69) is 38.0 Å². The highest BCUT2D eigenvalue weighted by molar-refractivity contribution is 5.44. The fourth-order valence-corrected chi connectivity index (χ4v) is 2.54. The van der Waals surface area contributed by atoms with Crippen LogP contribution >= 0.6 is 0 Å². The summed E-state index contributed by atoms with van der Waals surface area (Å²) < 4.78 is 6.01. The molecule has 2 unspecified atom stereocenters. The smallest absolute Gasteiger partial charge is 0.0779 e. The zero-order chi connectivity index (χ0) is 15.2. The second-order valence-electron chi connectivity index (χ2n) is 6.18. The molecular formula is C16H29N3O. The standard InChI is InChI=1S/C16H29N3O/c1-6-19-14(15(20-7-2)16(3,4)5)10-12-11-18-9-8-13(12)17/h8-9,11,14-15,19H,6-7,10H2,1-5H3,(H2,17,18). The number of nitrogen functional groups attached to an aromatic ring is 1. The molecule has 0 aliphatic heterocycles. The summed E-state index contributed by atoms with van der Waals surface area (Å²) in [4.78, 5) is 4.18. The minimum atomic E-state index is 0.0693. The Kier molecular flexibility index (Phi) is 6.43. The van der Waals surface area contributed by atoms with Crippen LogP contribution in [-0.4, -0.2) is 30.3 Å². The molecule has 0 fully saturated rings. The van der Waals surface area contributed by atoms with Crippen LogP contribution in [0.2, 0.25) is 0 Å². The Morgan fingerprint density at radius 3 is 2.55 bits per heavy atom. The van der Waals surface area contributed by atoms with Crippen molar-refractivity contribution in [3.63, 3.8) is 0 Å². The summed E-state index contributed by atoms with van der Waals surface area (Å²) in [6, 6.07) is 2.08. The first-order chi connectivity index (χ1) is 9.40. The number of hydrogen-bond donors (Lipinski definition) is 2. The number of pyridine rings is 1. The van der Waals surface area contributed by atoms with Crippen molar-refractivity contribution in [3.8, 4) is 0 Å². The summed E-state index contributed by atoms with van der Waals surface area (Å²) in [5.41, 5.74) is 7.98. The third kappa shape index (κ3) is 4.76. The minimum Gasteiger partial charge on any atom is -0.398 e. The van der Waals surface area contributed by atoms with Gasteiger partial charge in [-0.2, -0.15) is 0 Å². The van der Waals surface area contributed by atoms with Gasteiger partial charge >= 0.3 is 0 Å². The van der Waals surface area contributed by atoms with E-state index in [0.29, 0.717) is 6.61 Å². The van der Waals surface area contributed by atoms with Crippen LogP contribution in [-0.2, 0) is 11.2 Å². The molecule has 2 atom stereocenters. The fourth-order valence-electron chi connectivity index (χ4n) is 2.54. The van der Waals surface area contributed by atoms with Crippen molar-refractivity contribution in [2.24, 2.45) is 5.41 Å². The first kappa shape index (κ1) is 16.9. The fraction of sp³-hybridized carbons (Fsp3) is 0.688. The summed E-state index contributed by atoms with van der Waals surface area (Å²) in [5.74, 6) is 0. The predicted molar refractivity (Wildman–Crippen MR) is 84.7 cm³/mol. The highest BCUT2D eigenvalue weighted by atomic mass is 16.5. The lowest BCUT2D eigenvalue weighted by Gasteiger charge is -2.37. The molecule has 1 aromatic rings. The zero-order valence-corrected chi connectivity index (χ0v) is 13.4. The number of nitrogens with zero attached hydrogens (tertiary/aromatic N) is 1. The molecule has 20 heavy (non-hydrogen) atoms. The molecule has 1 heterocycles. The van der Waals surface area contributed by atoms with Gasteiger partial charge in [0.2, 0.25) is 0 Å². The number of rotatable bonds is 7. The lowest BCUT2D eigenvalue weighted by molar-refractivity contribution is -0.0352. The van der Waals surface area contributed by atoms with Gasteiger partial charge in [0, 0.05) is 30.7 Å². The molecule has 114 valence electrons. The number of ether oxygens (including phenoxy) is 1. The second kappa shape index (κ2) is 7.60. The van der Waals surface area contributed by atoms with Gasteiger partial charge in [0.15, 0.2) is 0 Å². The van der Waals surface area contributed by atoms with E-state index in [1.807, 2.05) is 19.2 Å². The number of nitrogens with one attached hydrogen (secondary N) is 1. The normalized spacial score (nSPS) is 15.1. The van der Waals surface area contributed by atoms with Gasteiger partial charge < -0.3 is 15.8 Å². The lowest BCUT2D eigenvalue weighted by Crippen LogP contribution is -2.49. The Morgan fingerprint density at radius 1 is 1.35 bits per heavy atom. The monoisotopic (exact) mass is 279 g/mol. The number of hydrogen-bond acceptors (Lipinski definition) is 4. The summed E-state index contributed by atoms with van der Waals surface area (Å²) in [6.45, 7) is 12.4. The molecule has 1 rings (SSSR count). The van der Waals surface area contributed by atoms with Gasteiger partial charge in [-0.05, 0) is 36.9 Å². The summed E-state index contributed by atoms with van der Waals surface area (Å²) in [6.07, 6.45) is 4.54. The summed E-state index contributed by atoms with van der Waals surface area (Å²) in [5, 5.41) is 3.54. The van der Waals surface area contributed by atoms with E-state index in [1.165, 1.54) is 0 Å². The highest BCUT2D eigenvalue weighted by Crippen LogP contribution is 2.27. The molecule has 3 N–H and O–H groups in total. The van der Waals surface area contributed by atoms with E-state index in [4.69, 9.17) is 10.5 Å². The van der Waals surface area contributed by atoms with E-state index < -0.39 is 0 Å². The maximum absolute atomic E-state index is 6.04. The maximum atomic E-state index is 6.04. The van der Waals surface area contributed by atoms with E-state index in [0.717, 1.165) is 24.2 Å². The van der Waals surface area contributed by atoms with E-state index >= 15 is 0 Å². The third-order valence-corrected chi connectivity index (χ3v) is 3.41. The van der Waals surface area contributed by atoms with Gasteiger partial charge in [-0.25, -0.2) is 0 Å². The van der Waals surface area contributed by atoms with E-state index in [-0.39, 0.29) is 17.6 Å². The first-order valence-corrected chi connectivity index (χ1v) is 7.43. The van der Waals surface area contributed by atoms with Crippen LogP contribution in [0.25, 0.3) is 0 Å². The van der Waals surface area contributed by atoms with Gasteiger partial charge in [-0.15, -0.1) is 0 Å². The number of anilines is 1. The summed E-state index contributed by atoms with van der Waals surface area (Å²) in [7, 11) is 0. The zero-order valence-electron chi connectivity index (χ0n) is 13.4. The van der Waals surface area contributed by atoms with E-state index in [1.54, 1.807) is 6.20 Å². The molecule has 0 aliphatic carbocycles.